The van der Waals surface area contributed by atoms with Gasteiger partial charge in [-0.2, -0.15) is 0 Å². The van der Waals surface area contributed by atoms with Crippen LogP contribution in [0, 0.1) is 5.92 Å². The number of carboxylic acids is 1. The van der Waals surface area contributed by atoms with Crippen LogP contribution < -0.4 is 39.4 Å². The Hall–Kier alpha value is -0.550. The van der Waals surface area contributed by atoms with Crippen molar-refractivity contribution in [1.29, 1.82) is 0 Å². The van der Waals surface area contributed by atoms with Crippen LogP contribution >= 0.6 is 0 Å². The number of benzene rings is 1. The molecule has 1 saturated heterocycles. The van der Waals surface area contributed by atoms with Gasteiger partial charge in [-0.15, -0.1) is 0 Å². The second-order valence-electron chi connectivity index (χ2n) is 5.36. The average molecular weight is 299 g/mol. The van der Waals surface area contributed by atoms with Crippen molar-refractivity contribution in [3.8, 4) is 5.75 Å². The predicted molar refractivity (Wildman–Crippen MR) is 75.2 cm³/mol. The van der Waals surface area contributed by atoms with E-state index < -0.39 is 5.97 Å². The van der Waals surface area contributed by atoms with E-state index in [4.69, 9.17) is 4.74 Å². The number of rotatable bonds is 6. The Morgan fingerprint density at radius 3 is 2.43 bits per heavy atom. The fourth-order valence-electron chi connectivity index (χ4n) is 2.50. The van der Waals surface area contributed by atoms with Gasteiger partial charge >= 0.3 is 29.6 Å². The Morgan fingerprint density at radius 1 is 1.29 bits per heavy atom. The maximum absolute atomic E-state index is 10.8. The van der Waals surface area contributed by atoms with Crippen molar-refractivity contribution in [2.75, 3.05) is 19.7 Å². The van der Waals surface area contributed by atoms with Gasteiger partial charge in [-0.25, -0.2) is 0 Å². The molecule has 0 aliphatic carbocycles. The summed E-state index contributed by atoms with van der Waals surface area (Å²) in [6.45, 7) is 5.36. The van der Waals surface area contributed by atoms with Gasteiger partial charge < -0.3 is 14.6 Å². The first-order valence-corrected chi connectivity index (χ1v) is 7.34. The van der Waals surface area contributed by atoms with Crippen LogP contribution in [0.5, 0.6) is 5.75 Å². The van der Waals surface area contributed by atoms with Gasteiger partial charge in [-0.3, -0.25) is 4.90 Å². The zero-order chi connectivity index (χ0) is 14.4. The molecular weight excluding hydrogens is 277 g/mol. The number of nitrogens with zero attached hydrogens (tertiary/aromatic N) is 1. The van der Waals surface area contributed by atoms with E-state index in [1.165, 1.54) is 5.56 Å². The molecule has 0 aromatic heterocycles. The van der Waals surface area contributed by atoms with E-state index >= 15 is 0 Å². The summed E-state index contributed by atoms with van der Waals surface area (Å²) in [7, 11) is 0. The molecule has 1 aromatic rings. The number of likely N-dealkylation sites (tertiary alicyclic amines) is 1. The second kappa shape index (κ2) is 9.46. The molecule has 0 bridgehead atoms. The third-order valence-electron chi connectivity index (χ3n) is 3.72. The Bertz CT molecular complexity index is 428. The third-order valence-corrected chi connectivity index (χ3v) is 3.72. The SMILES string of the molecule is CCCOc1ccc(CN2CCC(C(=O)[O-])CC2)cc1.[Na+]. The van der Waals surface area contributed by atoms with E-state index in [2.05, 4.69) is 24.0 Å². The van der Waals surface area contributed by atoms with Crippen LogP contribution in [0.3, 0.4) is 0 Å². The first-order valence-electron chi connectivity index (χ1n) is 7.34. The number of hydrogen-bond donors (Lipinski definition) is 0. The van der Waals surface area contributed by atoms with Crippen molar-refractivity contribution in [3.63, 3.8) is 0 Å². The molecule has 5 heteroatoms. The molecule has 0 saturated carbocycles. The molecule has 0 N–H and O–H groups in total. The van der Waals surface area contributed by atoms with Gasteiger partial charge in [-0.1, -0.05) is 19.1 Å². The van der Waals surface area contributed by atoms with Gasteiger partial charge in [0.15, 0.2) is 0 Å². The molecule has 0 unspecified atom stereocenters. The van der Waals surface area contributed by atoms with Gasteiger partial charge in [0.25, 0.3) is 0 Å². The molecule has 0 spiro atoms. The minimum Gasteiger partial charge on any atom is -0.550 e. The van der Waals surface area contributed by atoms with E-state index in [1.807, 2.05) is 12.1 Å². The van der Waals surface area contributed by atoms with E-state index in [-0.39, 0.29) is 35.5 Å². The van der Waals surface area contributed by atoms with Crippen LogP contribution in [0.2, 0.25) is 0 Å². The summed E-state index contributed by atoms with van der Waals surface area (Å²) >= 11 is 0. The van der Waals surface area contributed by atoms with Gasteiger partial charge in [0.2, 0.25) is 0 Å². The van der Waals surface area contributed by atoms with Gasteiger partial charge in [0.05, 0.1) is 6.61 Å². The molecule has 0 radical (unpaired) electrons. The van der Waals surface area contributed by atoms with E-state index in [0.29, 0.717) is 12.8 Å². The summed E-state index contributed by atoms with van der Waals surface area (Å²) in [5.41, 5.74) is 1.24. The van der Waals surface area contributed by atoms with Crippen LogP contribution in [0.15, 0.2) is 24.3 Å². The molecule has 1 fully saturated rings. The van der Waals surface area contributed by atoms with Crippen molar-refractivity contribution < 1.29 is 44.2 Å². The Kier molecular flexibility index (Phi) is 8.34. The number of carbonyl (C=O) groups is 1. The van der Waals surface area contributed by atoms with Crippen molar-refractivity contribution in [3.05, 3.63) is 29.8 Å². The summed E-state index contributed by atoms with van der Waals surface area (Å²) in [5, 5.41) is 10.8. The summed E-state index contributed by atoms with van der Waals surface area (Å²) < 4.78 is 5.55. The topological polar surface area (TPSA) is 52.6 Å². The third kappa shape index (κ3) is 5.99. The standard InChI is InChI=1S/C16H23NO3.Na/c1-2-11-20-15-5-3-13(4-6-15)12-17-9-7-14(8-10-17)16(18)19;/h3-6,14H,2,7-12H2,1H3,(H,18,19);/q;+1/p-1. The average Bonchev–Trinajstić information content (AvgIpc) is 2.47. The summed E-state index contributed by atoms with van der Waals surface area (Å²) in [6, 6.07) is 8.16. The number of carbonyl (C=O) groups excluding carboxylic acids is 1. The quantitative estimate of drug-likeness (QED) is 0.596. The summed E-state index contributed by atoms with van der Waals surface area (Å²) in [4.78, 5) is 13.1. The number of ether oxygens (including phenoxy) is 1. The smallest absolute Gasteiger partial charge is 0.550 e. The normalized spacial score (nSPS) is 16.2. The second-order valence-corrected chi connectivity index (χ2v) is 5.36. The Labute approximate surface area is 148 Å². The van der Waals surface area contributed by atoms with E-state index in [1.54, 1.807) is 0 Å². The van der Waals surface area contributed by atoms with Crippen LogP contribution in [0.25, 0.3) is 0 Å². The molecule has 21 heavy (non-hydrogen) atoms. The van der Waals surface area contributed by atoms with Gasteiger partial charge in [0, 0.05) is 18.4 Å². The van der Waals surface area contributed by atoms with Crippen LogP contribution in [0.4, 0.5) is 0 Å². The van der Waals surface area contributed by atoms with E-state index in [0.717, 1.165) is 38.4 Å². The predicted octanol–water partition coefficient (Wildman–Crippen LogP) is -1.56. The minimum atomic E-state index is -0.901. The first-order chi connectivity index (χ1) is 9.69. The molecule has 110 valence electrons. The minimum absolute atomic E-state index is 0. The van der Waals surface area contributed by atoms with Crippen molar-refractivity contribution in [2.45, 2.75) is 32.7 Å². The summed E-state index contributed by atoms with van der Waals surface area (Å²) in [6.07, 6.45) is 2.40. The molecule has 0 amide bonds. The summed E-state index contributed by atoms with van der Waals surface area (Å²) in [5.74, 6) is -0.260. The Balaban J connectivity index is 0.00000220. The molecule has 1 aliphatic rings. The zero-order valence-electron chi connectivity index (χ0n) is 13.0. The van der Waals surface area contributed by atoms with Crippen LogP contribution in [-0.4, -0.2) is 30.6 Å². The van der Waals surface area contributed by atoms with Crippen molar-refractivity contribution >= 4 is 5.97 Å². The fraction of sp³-hybridized carbons (Fsp3) is 0.562. The van der Waals surface area contributed by atoms with Crippen molar-refractivity contribution in [1.82, 2.24) is 4.90 Å². The zero-order valence-corrected chi connectivity index (χ0v) is 15.0. The number of aliphatic carboxylic acids is 1. The molecule has 2 rings (SSSR count). The number of carboxylic acid groups (broad SMARTS) is 1. The molecule has 1 heterocycles. The molecular formula is C16H22NNaO3. The maximum Gasteiger partial charge on any atom is 1.00 e. The Morgan fingerprint density at radius 2 is 1.90 bits per heavy atom. The van der Waals surface area contributed by atoms with Crippen LogP contribution in [0.1, 0.15) is 31.7 Å². The monoisotopic (exact) mass is 299 g/mol. The molecule has 0 atom stereocenters. The maximum atomic E-state index is 10.8. The van der Waals surface area contributed by atoms with Gasteiger partial charge in [-0.05, 0) is 50.0 Å². The number of hydrogen-bond acceptors (Lipinski definition) is 4. The number of piperidine rings is 1. The molecule has 1 aliphatic heterocycles. The molecule has 1 aromatic carbocycles. The van der Waals surface area contributed by atoms with E-state index in [9.17, 15) is 9.90 Å². The van der Waals surface area contributed by atoms with Crippen LogP contribution in [-0.2, 0) is 11.3 Å². The molecule has 4 nitrogen and oxygen atoms in total. The van der Waals surface area contributed by atoms with Gasteiger partial charge in [0.1, 0.15) is 5.75 Å². The largest absolute Gasteiger partial charge is 1.00 e. The first kappa shape index (κ1) is 18.5. The fourth-order valence-corrected chi connectivity index (χ4v) is 2.50. The van der Waals surface area contributed by atoms with Crippen molar-refractivity contribution in [2.24, 2.45) is 5.92 Å².